The number of ketones is 1. The molecular weight excluding hydrogens is 358 g/mol. The van der Waals surface area contributed by atoms with Gasteiger partial charge in [-0.2, -0.15) is 0 Å². The zero-order valence-corrected chi connectivity index (χ0v) is 15.8. The first-order valence-electron chi connectivity index (χ1n) is 9.13. The molecule has 0 bridgehead atoms. The van der Waals surface area contributed by atoms with Crippen LogP contribution in [-0.4, -0.2) is 23.3 Å². The molecule has 28 heavy (non-hydrogen) atoms. The molecule has 1 aliphatic rings. The second-order valence-corrected chi connectivity index (χ2v) is 6.83. The van der Waals surface area contributed by atoms with Crippen LogP contribution in [0.25, 0.3) is 5.57 Å². The maximum absolute atomic E-state index is 12.9. The summed E-state index contributed by atoms with van der Waals surface area (Å²) in [5.74, 6) is -2.45. The third-order valence-corrected chi connectivity index (χ3v) is 4.94. The van der Waals surface area contributed by atoms with Gasteiger partial charge >= 0.3 is 5.97 Å². The summed E-state index contributed by atoms with van der Waals surface area (Å²) in [6, 6.07) is 13.9. The largest absolute Gasteiger partial charge is 0.465 e. The Morgan fingerprint density at radius 3 is 2.57 bits per heavy atom. The highest BCUT2D eigenvalue weighted by molar-refractivity contribution is 6.10. The zero-order chi connectivity index (χ0) is 20.3. The van der Waals surface area contributed by atoms with Gasteiger partial charge in [0, 0.05) is 18.1 Å². The van der Waals surface area contributed by atoms with Gasteiger partial charge in [-0.25, -0.2) is 0 Å². The topological polar surface area (TPSA) is 86.5 Å². The molecule has 2 atom stereocenters. The highest BCUT2D eigenvalue weighted by Crippen LogP contribution is 2.41. The monoisotopic (exact) mass is 379 g/mol. The average molecular weight is 379 g/mol. The summed E-state index contributed by atoms with van der Waals surface area (Å²) in [5, 5.41) is 11.2. The van der Waals surface area contributed by atoms with Crippen LogP contribution in [-0.2, 0) is 14.3 Å². The molecule has 0 aliphatic heterocycles. The Balaban J connectivity index is 2.05. The minimum atomic E-state index is -1.00. The van der Waals surface area contributed by atoms with Crippen molar-refractivity contribution in [3.63, 3.8) is 0 Å². The van der Waals surface area contributed by atoms with E-state index in [0.29, 0.717) is 12.0 Å². The quantitative estimate of drug-likeness (QED) is 0.336. The Morgan fingerprint density at radius 1 is 1.21 bits per heavy atom. The highest BCUT2D eigenvalue weighted by atomic mass is 16.6. The number of allylic oxidation sites excluding steroid dienone is 2. The van der Waals surface area contributed by atoms with Gasteiger partial charge in [-0.3, -0.25) is 19.7 Å². The average Bonchev–Trinajstić information content (AvgIpc) is 2.68. The van der Waals surface area contributed by atoms with Gasteiger partial charge in [-0.1, -0.05) is 42.0 Å². The predicted octanol–water partition coefficient (Wildman–Crippen LogP) is 4.22. The second-order valence-electron chi connectivity index (χ2n) is 6.83. The Morgan fingerprint density at radius 2 is 1.93 bits per heavy atom. The number of carbonyl (C=O) groups is 2. The smallest absolute Gasteiger partial charge is 0.317 e. The number of benzene rings is 2. The van der Waals surface area contributed by atoms with Crippen molar-refractivity contribution < 1.29 is 19.2 Å². The van der Waals surface area contributed by atoms with Crippen molar-refractivity contribution in [3.8, 4) is 0 Å². The predicted molar refractivity (Wildman–Crippen MR) is 105 cm³/mol. The molecule has 0 saturated heterocycles. The maximum atomic E-state index is 12.9. The van der Waals surface area contributed by atoms with Crippen LogP contribution >= 0.6 is 0 Å². The molecule has 2 aromatic rings. The molecule has 0 spiro atoms. The van der Waals surface area contributed by atoms with Gasteiger partial charge in [0.15, 0.2) is 5.78 Å². The third-order valence-electron chi connectivity index (χ3n) is 4.94. The lowest BCUT2D eigenvalue weighted by Gasteiger charge is -2.29. The number of carbonyl (C=O) groups excluding carboxylic acids is 2. The Kier molecular flexibility index (Phi) is 5.68. The first kappa shape index (κ1) is 19.5. The van der Waals surface area contributed by atoms with E-state index < -0.39 is 22.7 Å². The summed E-state index contributed by atoms with van der Waals surface area (Å²) >= 11 is 0. The van der Waals surface area contributed by atoms with Crippen LogP contribution in [0.3, 0.4) is 0 Å². The number of non-ortho nitro benzene ring substituents is 1. The molecule has 1 aliphatic carbocycles. The molecule has 0 unspecified atom stereocenters. The molecule has 0 fully saturated rings. The fourth-order valence-electron chi connectivity index (χ4n) is 3.53. The number of hydrogen-bond donors (Lipinski definition) is 0. The van der Waals surface area contributed by atoms with Gasteiger partial charge in [-0.05, 0) is 43.0 Å². The number of esters is 1. The molecule has 2 aromatic carbocycles. The van der Waals surface area contributed by atoms with E-state index in [9.17, 15) is 19.7 Å². The minimum Gasteiger partial charge on any atom is -0.465 e. The first-order chi connectivity index (χ1) is 13.4. The fourth-order valence-corrected chi connectivity index (χ4v) is 3.53. The van der Waals surface area contributed by atoms with Crippen LogP contribution in [0.15, 0.2) is 54.6 Å². The lowest BCUT2D eigenvalue weighted by molar-refractivity contribution is -0.384. The van der Waals surface area contributed by atoms with Crippen molar-refractivity contribution >= 4 is 23.0 Å². The third kappa shape index (κ3) is 4.01. The summed E-state index contributed by atoms with van der Waals surface area (Å²) in [7, 11) is 0. The lowest BCUT2D eigenvalue weighted by Crippen LogP contribution is -2.34. The van der Waals surface area contributed by atoms with E-state index in [1.807, 2.05) is 31.2 Å². The summed E-state index contributed by atoms with van der Waals surface area (Å²) in [6.07, 6.45) is 1.92. The molecule has 0 saturated carbocycles. The first-order valence-corrected chi connectivity index (χ1v) is 9.13. The molecule has 0 aromatic heterocycles. The molecule has 3 rings (SSSR count). The van der Waals surface area contributed by atoms with Crippen molar-refractivity contribution in [1.29, 1.82) is 0 Å². The lowest BCUT2D eigenvalue weighted by atomic mass is 9.73. The number of nitro groups is 1. The summed E-state index contributed by atoms with van der Waals surface area (Å²) in [4.78, 5) is 36.0. The molecule has 144 valence electrons. The van der Waals surface area contributed by atoms with Crippen molar-refractivity contribution in [2.45, 2.75) is 26.2 Å². The Bertz CT molecular complexity index is 946. The van der Waals surface area contributed by atoms with Crippen LogP contribution in [0.2, 0.25) is 0 Å². The summed E-state index contributed by atoms with van der Waals surface area (Å²) < 4.78 is 5.11. The molecule has 0 N–H and O–H groups in total. The number of nitrogens with zero attached hydrogens (tertiary/aromatic N) is 1. The Labute approximate surface area is 163 Å². The van der Waals surface area contributed by atoms with Crippen molar-refractivity contribution in [3.05, 3.63) is 81.4 Å². The standard InChI is InChI=1S/C22H21NO5/c1-3-28-22(25)21-19(16-5-4-6-18(11-16)23(26)27)12-17(13-20(21)24)15-9-7-14(2)8-10-15/h4-11,13,19,21H,3,12H2,1-2H3/t19-,21+/m0/s1. The number of rotatable bonds is 5. The van der Waals surface area contributed by atoms with Crippen LogP contribution in [0.4, 0.5) is 5.69 Å². The normalized spacial score (nSPS) is 19.1. The second kappa shape index (κ2) is 8.17. The van der Waals surface area contributed by atoms with Gasteiger partial charge < -0.3 is 4.74 Å². The number of nitro benzene ring substituents is 1. The summed E-state index contributed by atoms with van der Waals surface area (Å²) in [6.45, 7) is 3.83. The van der Waals surface area contributed by atoms with Crippen molar-refractivity contribution in [2.24, 2.45) is 5.92 Å². The SMILES string of the molecule is CCOC(=O)[C@H]1C(=O)C=C(c2ccc(C)cc2)C[C@H]1c1cccc([N+](=O)[O-])c1. The number of ether oxygens (including phenoxy) is 1. The van der Waals surface area contributed by atoms with Crippen molar-refractivity contribution in [2.75, 3.05) is 6.61 Å². The number of hydrogen-bond acceptors (Lipinski definition) is 5. The van der Waals surface area contributed by atoms with Crippen LogP contribution in [0.5, 0.6) is 0 Å². The van der Waals surface area contributed by atoms with Gasteiger partial charge in [0.25, 0.3) is 5.69 Å². The molecule has 6 nitrogen and oxygen atoms in total. The van der Waals surface area contributed by atoms with Gasteiger partial charge in [0.2, 0.25) is 0 Å². The van der Waals surface area contributed by atoms with Crippen molar-refractivity contribution in [1.82, 2.24) is 0 Å². The zero-order valence-electron chi connectivity index (χ0n) is 15.8. The van der Waals surface area contributed by atoms with E-state index in [1.165, 1.54) is 18.2 Å². The van der Waals surface area contributed by atoms with Crippen LogP contribution < -0.4 is 0 Å². The van der Waals surface area contributed by atoms with Gasteiger partial charge in [0.1, 0.15) is 5.92 Å². The molecule has 0 radical (unpaired) electrons. The van der Waals surface area contributed by atoms with E-state index in [1.54, 1.807) is 19.1 Å². The molecule has 0 amide bonds. The van der Waals surface area contributed by atoms with Gasteiger partial charge in [0.05, 0.1) is 11.5 Å². The van der Waals surface area contributed by atoms with Gasteiger partial charge in [-0.15, -0.1) is 0 Å². The van der Waals surface area contributed by atoms with E-state index in [4.69, 9.17) is 4.74 Å². The van der Waals surface area contributed by atoms with Crippen LogP contribution in [0, 0.1) is 23.0 Å². The van der Waals surface area contributed by atoms with E-state index >= 15 is 0 Å². The van der Waals surface area contributed by atoms with Crippen LogP contribution in [0.1, 0.15) is 36.0 Å². The number of aryl methyl sites for hydroxylation is 1. The minimum absolute atomic E-state index is 0.0704. The molecule has 0 heterocycles. The highest BCUT2D eigenvalue weighted by Gasteiger charge is 2.40. The van der Waals surface area contributed by atoms with E-state index in [-0.39, 0.29) is 18.1 Å². The van der Waals surface area contributed by atoms with E-state index in [2.05, 4.69) is 0 Å². The summed E-state index contributed by atoms with van der Waals surface area (Å²) in [5.41, 5.74) is 3.32. The van der Waals surface area contributed by atoms with E-state index in [0.717, 1.165) is 16.7 Å². The molecular formula is C22H21NO5. The Hall–Kier alpha value is -3.28. The maximum Gasteiger partial charge on any atom is 0.317 e. The fraction of sp³-hybridized carbons (Fsp3) is 0.273. The molecule has 6 heteroatoms.